The number of unbranched alkanes of at least 4 members (excludes halogenated alkanes) is 1. The average Bonchev–Trinajstić information content (AvgIpc) is 2.88. The van der Waals surface area contributed by atoms with Crippen molar-refractivity contribution in [2.75, 3.05) is 12.3 Å². The largest absolute Gasteiger partial charge is 0.354 e. The van der Waals surface area contributed by atoms with Gasteiger partial charge in [0.25, 0.3) is 0 Å². The van der Waals surface area contributed by atoms with Crippen LogP contribution in [0.3, 0.4) is 0 Å². The fourth-order valence-corrected chi connectivity index (χ4v) is 4.86. The molecule has 7 heteroatoms. The third-order valence-corrected chi connectivity index (χ3v) is 7.56. The summed E-state index contributed by atoms with van der Waals surface area (Å²) in [5, 5.41) is 3.91. The number of hydrogen-bond donors (Lipinski definition) is 1. The summed E-state index contributed by atoms with van der Waals surface area (Å²) < 4.78 is 0. The Morgan fingerprint density at radius 2 is 1.67 bits per heavy atom. The van der Waals surface area contributed by atoms with Gasteiger partial charge in [0.05, 0.1) is 15.8 Å². The van der Waals surface area contributed by atoms with Gasteiger partial charge in [0.15, 0.2) is 0 Å². The predicted octanol–water partition coefficient (Wildman–Crippen LogP) is 6.95. The van der Waals surface area contributed by atoms with Crippen LogP contribution in [0.15, 0.2) is 77.7 Å². The van der Waals surface area contributed by atoms with Gasteiger partial charge in [-0.05, 0) is 48.7 Å². The molecule has 0 aliphatic heterocycles. The molecule has 1 atom stereocenters. The monoisotopic (exact) mass is 542 g/mol. The lowest BCUT2D eigenvalue weighted by Gasteiger charge is -2.31. The zero-order valence-electron chi connectivity index (χ0n) is 20.7. The van der Waals surface area contributed by atoms with Gasteiger partial charge in [-0.1, -0.05) is 90.6 Å². The standard InChI is InChI=1S/C29H32Cl2N2O2S/c1-3-4-16-32-29(35)27(18-22-8-6-5-7-9-22)33(19-23-12-15-25(30)26(31)17-23)28(34)20-36-24-13-10-21(2)11-14-24/h5-15,17,27H,3-4,16,18-20H2,1-2H3,(H,32,35)/t27-/m1/s1. The Hall–Kier alpha value is -2.47. The van der Waals surface area contributed by atoms with Crippen molar-refractivity contribution in [3.8, 4) is 0 Å². The molecule has 0 radical (unpaired) electrons. The van der Waals surface area contributed by atoms with Crippen LogP contribution >= 0.6 is 35.0 Å². The lowest BCUT2D eigenvalue weighted by atomic mass is 10.0. The highest BCUT2D eigenvalue weighted by atomic mass is 35.5. The molecule has 0 unspecified atom stereocenters. The van der Waals surface area contributed by atoms with E-state index in [9.17, 15) is 9.59 Å². The maximum atomic E-state index is 13.7. The molecule has 0 spiro atoms. The molecular weight excluding hydrogens is 511 g/mol. The zero-order valence-corrected chi connectivity index (χ0v) is 23.0. The number of hydrogen-bond acceptors (Lipinski definition) is 3. The van der Waals surface area contributed by atoms with E-state index in [1.54, 1.807) is 17.0 Å². The van der Waals surface area contributed by atoms with E-state index in [0.29, 0.717) is 23.0 Å². The van der Waals surface area contributed by atoms with Gasteiger partial charge in [-0.2, -0.15) is 0 Å². The van der Waals surface area contributed by atoms with Crippen molar-refractivity contribution in [1.29, 1.82) is 0 Å². The van der Waals surface area contributed by atoms with Crippen LogP contribution < -0.4 is 5.32 Å². The molecule has 0 aliphatic rings. The molecule has 190 valence electrons. The lowest BCUT2D eigenvalue weighted by Crippen LogP contribution is -2.51. The first-order chi connectivity index (χ1) is 17.4. The maximum Gasteiger partial charge on any atom is 0.243 e. The van der Waals surface area contributed by atoms with Crippen LogP contribution in [-0.2, 0) is 22.6 Å². The molecule has 4 nitrogen and oxygen atoms in total. The fourth-order valence-electron chi connectivity index (χ4n) is 3.76. The number of rotatable bonds is 12. The second-order valence-electron chi connectivity index (χ2n) is 8.72. The number of thioether (sulfide) groups is 1. The predicted molar refractivity (Wildman–Crippen MR) is 151 cm³/mol. The van der Waals surface area contributed by atoms with E-state index in [1.165, 1.54) is 17.3 Å². The molecule has 36 heavy (non-hydrogen) atoms. The quantitative estimate of drug-likeness (QED) is 0.199. The molecular formula is C29H32Cl2N2O2S. The molecule has 3 aromatic carbocycles. The second-order valence-corrected chi connectivity index (χ2v) is 10.6. The highest BCUT2D eigenvalue weighted by Crippen LogP contribution is 2.25. The number of benzene rings is 3. The van der Waals surface area contributed by atoms with Crippen molar-refractivity contribution >= 4 is 46.8 Å². The Labute approximate surface area is 228 Å². The van der Waals surface area contributed by atoms with E-state index in [4.69, 9.17) is 23.2 Å². The van der Waals surface area contributed by atoms with E-state index in [-0.39, 0.29) is 24.1 Å². The Bertz CT molecular complexity index is 1140. The minimum absolute atomic E-state index is 0.113. The van der Waals surface area contributed by atoms with E-state index < -0.39 is 6.04 Å². The van der Waals surface area contributed by atoms with Crippen molar-refractivity contribution in [2.45, 2.75) is 50.6 Å². The number of aryl methyl sites for hydroxylation is 1. The average molecular weight is 544 g/mol. The minimum Gasteiger partial charge on any atom is -0.354 e. The first-order valence-corrected chi connectivity index (χ1v) is 13.9. The summed E-state index contributed by atoms with van der Waals surface area (Å²) in [5.74, 6) is -0.0444. The minimum atomic E-state index is -0.662. The topological polar surface area (TPSA) is 49.4 Å². The van der Waals surface area contributed by atoms with Crippen molar-refractivity contribution in [3.63, 3.8) is 0 Å². The summed E-state index contributed by atoms with van der Waals surface area (Å²) in [7, 11) is 0. The van der Waals surface area contributed by atoms with Crippen LogP contribution in [-0.4, -0.2) is 35.1 Å². The van der Waals surface area contributed by atoms with Crippen LogP contribution in [0.2, 0.25) is 10.0 Å². The van der Waals surface area contributed by atoms with Crippen LogP contribution in [0.4, 0.5) is 0 Å². The highest BCUT2D eigenvalue weighted by molar-refractivity contribution is 8.00. The Kier molecular flexibility index (Phi) is 11.2. The number of halogens is 2. The second kappa shape index (κ2) is 14.3. The summed E-state index contributed by atoms with van der Waals surface area (Å²) >= 11 is 13.9. The number of carbonyl (C=O) groups excluding carboxylic acids is 2. The zero-order chi connectivity index (χ0) is 25.9. The van der Waals surface area contributed by atoms with Gasteiger partial charge in [0.2, 0.25) is 11.8 Å². The SMILES string of the molecule is CCCCNC(=O)[C@@H](Cc1ccccc1)N(Cc1ccc(Cl)c(Cl)c1)C(=O)CSc1ccc(C)cc1. The highest BCUT2D eigenvalue weighted by Gasteiger charge is 2.30. The molecule has 0 saturated carbocycles. The smallest absolute Gasteiger partial charge is 0.243 e. The van der Waals surface area contributed by atoms with Crippen molar-refractivity contribution < 1.29 is 9.59 Å². The summed E-state index contributed by atoms with van der Waals surface area (Å²) in [6.07, 6.45) is 2.28. The first kappa shape index (κ1) is 28.1. The molecule has 0 heterocycles. The van der Waals surface area contributed by atoms with E-state index >= 15 is 0 Å². The number of carbonyl (C=O) groups is 2. The summed E-state index contributed by atoms with van der Waals surface area (Å²) in [4.78, 5) is 29.8. The van der Waals surface area contributed by atoms with Gasteiger partial charge in [-0.25, -0.2) is 0 Å². The molecule has 0 bridgehead atoms. The maximum absolute atomic E-state index is 13.7. The summed E-state index contributed by atoms with van der Waals surface area (Å²) in [6, 6.07) is 22.5. The normalized spacial score (nSPS) is 11.7. The molecule has 3 aromatic rings. The number of amides is 2. The molecule has 3 rings (SSSR count). The van der Waals surface area contributed by atoms with Crippen LogP contribution in [0, 0.1) is 6.92 Å². The van der Waals surface area contributed by atoms with Crippen molar-refractivity contribution in [3.05, 3.63) is 99.5 Å². The Balaban J connectivity index is 1.89. The third kappa shape index (κ3) is 8.58. The molecule has 0 fully saturated rings. The summed E-state index contributed by atoms with van der Waals surface area (Å²) in [6.45, 7) is 4.94. The molecule has 0 saturated heterocycles. The van der Waals surface area contributed by atoms with Gasteiger partial charge < -0.3 is 10.2 Å². The van der Waals surface area contributed by atoms with Crippen molar-refractivity contribution in [2.24, 2.45) is 0 Å². The lowest BCUT2D eigenvalue weighted by molar-refractivity contribution is -0.139. The van der Waals surface area contributed by atoms with Crippen molar-refractivity contribution in [1.82, 2.24) is 10.2 Å². The van der Waals surface area contributed by atoms with Gasteiger partial charge in [0.1, 0.15) is 6.04 Å². The van der Waals surface area contributed by atoms with E-state index in [1.807, 2.05) is 67.6 Å². The molecule has 0 aromatic heterocycles. The van der Waals surface area contributed by atoms with Crippen LogP contribution in [0.25, 0.3) is 0 Å². The number of nitrogens with zero attached hydrogens (tertiary/aromatic N) is 1. The Morgan fingerprint density at radius 3 is 2.33 bits per heavy atom. The third-order valence-electron chi connectivity index (χ3n) is 5.82. The first-order valence-electron chi connectivity index (χ1n) is 12.1. The van der Waals surface area contributed by atoms with Crippen LogP contribution in [0.5, 0.6) is 0 Å². The van der Waals surface area contributed by atoms with E-state index in [0.717, 1.165) is 28.9 Å². The van der Waals surface area contributed by atoms with Crippen LogP contribution in [0.1, 0.15) is 36.5 Å². The fraction of sp³-hybridized carbons (Fsp3) is 0.310. The molecule has 1 N–H and O–H groups in total. The number of nitrogens with one attached hydrogen (secondary N) is 1. The van der Waals surface area contributed by atoms with E-state index in [2.05, 4.69) is 12.2 Å². The molecule has 0 aliphatic carbocycles. The van der Waals surface area contributed by atoms with Gasteiger partial charge in [-0.3, -0.25) is 9.59 Å². The Morgan fingerprint density at radius 1 is 0.944 bits per heavy atom. The van der Waals surface area contributed by atoms with Gasteiger partial charge >= 0.3 is 0 Å². The van der Waals surface area contributed by atoms with Gasteiger partial charge in [0, 0.05) is 24.4 Å². The summed E-state index contributed by atoms with van der Waals surface area (Å²) in [5.41, 5.74) is 2.97. The van der Waals surface area contributed by atoms with Gasteiger partial charge in [-0.15, -0.1) is 11.8 Å². The molecule has 2 amide bonds.